The summed E-state index contributed by atoms with van der Waals surface area (Å²) in [5.41, 5.74) is 5.13. The van der Waals surface area contributed by atoms with Crippen molar-refractivity contribution in [3.8, 4) is 0 Å². The number of amides is 1. The van der Waals surface area contributed by atoms with Gasteiger partial charge in [-0.25, -0.2) is 0 Å². The third kappa shape index (κ3) is 4.28. The summed E-state index contributed by atoms with van der Waals surface area (Å²) in [5.74, 6) is 0.925. The summed E-state index contributed by atoms with van der Waals surface area (Å²) >= 11 is 0. The average molecular weight is 242 g/mol. The summed E-state index contributed by atoms with van der Waals surface area (Å²) in [6, 6.07) is 0. The Morgan fingerprint density at radius 2 is 2.12 bits per heavy atom. The number of carbonyl (C=O) groups is 1. The third-order valence-electron chi connectivity index (χ3n) is 3.87. The van der Waals surface area contributed by atoms with Crippen molar-refractivity contribution < 1.29 is 9.90 Å². The molecule has 4 nitrogen and oxygen atoms in total. The molecule has 0 spiro atoms. The highest BCUT2D eigenvalue weighted by Crippen LogP contribution is 2.31. The van der Waals surface area contributed by atoms with Crippen LogP contribution < -0.4 is 11.1 Å². The van der Waals surface area contributed by atoms with E-state index in [2.05, 4.69) is 12.2 Å². The summed E-state index contributed by atoms with van der Waals surface area (Å²) in [4.78, 5) is 11.8. The van der Waals surface area contributed by atoms with E-state index in [-0.39, 0.29) is 24.0 Å². The van der Waals surface area contributed by atoms with Crippen molar-refractivity contribution in [2.45, 2.75) is 51.5 Å². The lowest BCUT2D eigenvalue weighted by molar-refractivity contribution is -0.125. The maximum atomic E-state index is 11.8. The number of aliphatic hydroxyl groups excluding tert-OH is 1. The number of hydrogen-bond donors (Lipinski definition) is 3. The van der Waals surface area contributed by atoms with Crippen molar-refractivity contribution >= 4 is 5.91 Å². The minimum atomic E-state index is -0.377. The van der Waals surface area contributed by atoms with E-state index in [0.717, 1.165) is 25.7 Å². The van der Waals surface area contributed by atoms with Gasteiger partial charge >= 0.3 is 0 Å². The standard InChI is InChI=1S/C13H26N2O2/c1-10-3-5-13(9-16,6-4-10)15-12(17)7-11(2)8-14/h10-11,16H,3-9,14H2,1-2H3,(H,15,17). The number of nitrogens with one attached hydrogen (secondary N) is 1. The Morgan fingerprint density at radius 3 is 2.59 bits per heavy atom. The molecule has 4 N–H and O–H groups in total. The van der Waals surface area contributed by atoms with E-state index in [1.165, 1.54) is 0 Å². The lowest BCUT2D eigenvalue weighted by atomic mass is 9.77. The van der Waals surface area contributed by atoms with Crippen LogP contribution in [0.4, 0.5) is 0 Å². The molecular formula is C13H26N2O2. The highest BCUT2D eigenvalue weighted by atomic mass is 16.3. The quantitative estimate of drug-likeness (QED) is 0.674. The van der Waals surface area contributed by atoms with E-state index in [0.29, 0.717) is 18.9 Å². The second-order valence-electron chi connectivity index (χ2n) is 5.71. The first-order valence-corrected chi connectivity index (χ1v) is 6.63. The number of aliphatic hydroxyl groups is 1. The van der Waals surface area contributed by atoms with Crippen LogP contribution in [0, 0.1) is 11.8 Å². The van der Waals surface area contributed by atoms with Crippen molar-refractivity contribution in [3.05, 3.63) is 0 Å². The minimum Gasteiger partial charge on any atom is -0.394 e. The first-order chi connectivity index (χ1) is 8.01. The maximum Gasteiger partial charge on any atom is 0.220 e. The van der Waals surface area contributed by atoms with Crippen LogP contribution in [-0.4, -0.2) is 29.7 Å². The van der Waals surface area contributed by atoms with Crippen LogP contribution in [0.3, 0.4) is 0 Å². The molecule has 0 radical (unpaired) electrons. The molecule has 0 heterocycles. The van der Waals surface area contributed by atoms with Gasteiger partial charge in [0.2, 0.25) is 5.91 Å². The van der Waals surface area contributed by atoms with E-state index in [1.54, 1.807) is 0 Å². The fourth-order valence-corrected chi connectivity index (χ4v) is 2.38. The molecule has 100 valence electrons. The molecule has 0 aliphatic heterocycles. The summed E-state index contributed by atoms with van der Waals surface area (Å²) in [6.45, 7) is 4.76. The van der Waals surface area contributed by atoms with Gasteiger partial charge in [0.1, 0.15) is 0 Å². The summed E-state index contributed by atoms with van der Waals surface area (Å²) in [5, 5.41) is 12.6. The third-order valence-corrected chi connectivity index (χ3v) is 3.87. The molecule has 0 aromatic heterocycles. The Balaban J connectivity index is 2.48. The summed E-state index contributed by atoms with van der Waals surface area (Å²) < 4.78 is 0. The Kier molecular flexibility index (Phi) is 5.40. The average Bonchev–Trinajstić information content (AvgIpc) is 2.32. The van der Waals surface area contributed by atoms with Crippen molar-refractivity contribution in [2.24, 2.45) is 17.6 Å². The Morgan fingerprint density at radius 1 is 1.53 bits per heavy atom. The molecule has 1 fully saturated rings. The van der Waals surface area contributed by atoms with Gasteiger partial charge in [-0.05, 0) is 44.1 Å². The van der Waals surface area contributed by atoms with Crippen molar-refractivity contribution in [2.75, 3.05) is 13.2 Å². The molecule has 1 aliphatic carbocycles. The molecule has 0 saturated heterocycles. The molecule has 17 heavy (non-hydrogen) atoms. The predicted molar refractivity (Wildman–Crippen MR) is 68.4 cm³/mol. The van der Waals surface area contributed by atoms with Crippen LogP contribution >= 0.6 is 0 Å². The maximum absolute atomic E-state index is 11.8. The molecule has 1 amide bonds. The molecule has 1 rings (SSSR count). The van der Waals surface area contributed by atoms with Crippen LogP contribution in [0.15, 0.2) is 0 Å². The van der Waals surface area contributed by atoms with E-state index >= 15 is 0 Å². The second-order valence-corrected chi connectivity index (χ2v) is 5.71. The molecule has 1 unspecified atom stereocenters. The number of hydrogen-bond acceptors (Lipinski definition) is 3. The lowest BCUT2D eigenvalue weighted by Gasteiger charge is -2.39. The van der Waals surface area contributed by atoms with E-state index < -0.39 is 0 Å². The van der Waals surface area contributed by atoms with Gasteiger partial charge in [0.25, 0.3) is 0 Å². The Hall–Kier alpha value is -0.610. The molecule has 1 saturated carbocycles. The van der Waals surface area contributed by atoms with Crippen LogP contribution in [0.25, 0.3) is 0 Å². The van der Waals surface area contributed by atoms with Gasteiger partial charge in [-0.1, -0.05) is 13.8 Å². The van der Waals surface area contributed by atoms with Gasteiger partial charge in [-0.3, -0.25) is 4.79 Å². The van der Waals surface area contributed by atoms with Crippen LogP contribution in [0.1, 0.15) is 46.0 Å². The fraction of sp³-hybridized carbons (Fsp3) is 0.923. The second kappa shape index (κ2) is 6.36. The molecule has 0 aromatic carbocycles. The van der Waals surface area contributed by atoms with Gasteiger partial charge in [-0.15, -0.1) is 0 Å². The molecule has 0 aromatic rings. The molecular weight excluding hydrogens is 216 g/mol. The number of carbonyl (C=O) groups excluding carboxylic acids is 1. The molecule has 4 heteroatoms. The van der Waals surface area contributed by atoms with Crippen molar-refractivity contribution in [1.29, 1.82) is 0 Å². The van der Waals surface area contributed by atoms with Crippen molar-refractivity contribution in [3.63, 3.8) is 0 Å². The smallest absolute Gasteiger partial charge is 0.220 e. The zero-order valence-electron chi connectivity index (χ0n) is 11.0. The Bertz CT molecular complexity index is 248. The van der Waals surface area contributed by atoms with Gasteiger partial charge < -0.3 is 16.2 Å². The van der Waals surface area contributed by atoms with Gasteiger partial charge in [0.15, 0.2) is 0 Å². The van der Waals surface area contributed by atoms with E-state index in [9.17, 15) is 9.90 Å². The minimum absolute atomic E-state index is 0.0200. The highest BCUT2D eigenvalue weighted by Gasteiger charge is 2.34. The number of nitrogens with two attached hydrogens (primary N) is 1. The zero-order chi connectivity index (χ0) is 12.9. The van der Waals surface area contributed by atoms with Gasteiger partial charge in [0.05, 0.1) is 12.1 Å². The topological polar surface area (TPSA) is 75.3 Å². The van der Waals surface area contributed by atoms with E-state index in [4.69, 9.17) is 5.73 Å². The van der Waals surface area contributed by atoms with Crippen LogP contribution in [0.5, 0.6) is 0 Å². The van der Waals surface area contributed by atoms with Gasteiger partial charge in [-0.2, -0.15) is 0 Å². The highest BCUT2D eigenvalue weighted by molar-refractivity contribution is 5.77. The van der Waals surface area contributed by atoms with Crippen molar-refractivity contribution in [1.82, 2.24) is 5.32 Å². The largest absolute Gasteiger partial charge is 0.394 e. The van der Waals surface area contributed by atoms with Gasteiger partial charge in [0, 0.05) is 6.42 Å². The molecule has 1 aliphatic rings. The molecule has 0 bridgehead atoms. The first kappa shape index (κ1) is 14.5. The lowest BCUT2D eigenvalue weighted by Crippen LogP contribution is -2.53. The zero-order valence-corrected chi connectivity index (χ0v) is 11.0. The molecule has 1 atom stereocenters. The fourth-order valence-electron chi connectivity index (χ4n) is 2.38. The first-order valence-electron chi connectivity index (χ1n) is 6.63. The number of rotatable bonds is 5. The predicted octanol–water partition coefficient (Wildman–Crippen LogP) is 1.03. The summed E-state index contributed by atoms with van der Waals surface area (Å²) in [7, 11) is 0. The van der Waals surface area contributed by atoms with E-state index in [1.807, 2.05) is 6.92 Å². The van der Waals surface area contributed by atoms with Crippen LogP contribution in [-0.2, 0) is 4.79 Å². The van der Waals surface area contributed by atoms with Crippen LogP contribution in [0.2, 0.25) is 0 Å². The normalized spacial score (nSPS) is 30.9. The SMILES string of the molecule is CC1CCC(CO)(NC(=O)CC(C)CN)CC1. The summed E-state index contributed by atoms with van der Waals surface area (Å²) in [6.07, 6.45) is 4.37. The Labute approximate surface area is 104 Å². The monoisotopic (exact) mass is 242 g/mol.